The van der Waals surface area contributed by atoms with Gasteiger partial charge < -0.3 is 9.88 Å². The van der Waals surface area contributed by atoms with Crippen molar-refractivity contribution < 1.29 is 23.6 Å². The Morgan fingerprint density at radius 1 is 0.968 bits per heavy atom. The van der Waals surface area contributed by atoms with Crippen LogP contribution in [0.2, 0.25) is 0 Å². The second kappa shape index (κ2) is 9.94. The molecule has 9 heteroatoms. The second-order valence-electron chi connectivity index (χ2n) is 7.03. The topological polar surface area (TPSA) is 100 Å². The lowest BCUT2D eigenvalue weighted by molar-refractivity contribution is -0.129. The summed E-state index contributed by atoms with van der Waals surface area (Å²) in [6.45, 7) is 0.431. The number of unbranched alkanes of at least 4 members (excludes halogenated alkanes) is 2. The molecule has 2 amide bonds. The zero-order valence-corrected chi connectivity index (χ0v) is 16.5. The Labute approximate surface area is 176 Å². The van der Waals surface area contributed by atoms with E-state index >= 15 is 0 Å². The summed E-state index contributed by atoms with van der Waals surface area (Å²) in [7, 11) is 0. The number of fused-ring (bicyclic) bond motifs is 1. The summed E-state index contributed by atoms with van der Waals surface area (Å²) in [4.78, 5) is 36.6. The van der Waals surface area contributed by atoms with Crippen LogP contribution in [0.1, 0.15) is 36.0 Å². The Hall–Kier alpha value is -3.59. The molecule has 2 aromatic carbocycles. The van der Waals surface area contributed by atoms with Crippen LogP contribution in [0.25, 0.3) is 10.9 Å². The number of nitrogens with zero attached hydrogens (tertiary/aromatic N) is 1. The SMILES string of the molecule is O=C(CCCCCn1cc(C(=O)Nc2ccc(F)cc2)c(=O)c2cc(F)ccc21)NO. The first kappa shape index (κ1) is 22.1. The molecule has 0 saturated heterocycles. The summed E-state index contributed by atoms with van der Waals surface area (Å²) in [5.41, 5.74) is 1.60. The van der Waals surface area contributed by atoms with E-state index in [1.165, 1.54) is 42.6 Å². The van der Waals surface area contributed by atoms with E-state index in [-0.39, 0.29) is 17.4 Å². The summed E-state index contributed by atoms with van der Waals surface area (Å²) in [5, 5.41) is 11.1. The number of hydrogen-bond donors (Lipinski definition) is 3. The van der Waals surface area contributed by atoms with Crippen molar-refractivity contribution in [2.24, 2.45) is 0 Å². The second-order valence-corrected chi connectivity index (χ2v) is 7.03. The first-order valence-corrected chi connectivity index (χ1v) is 9.71. The smallest absolute Gasteiger partial charge is 0.261 e. The summed E-state index contributed by atoms with van der Waals surface area (Å²) in [5.74, 6) is -2.21. The largest absolute Gasteiger partial charge is 0.346 e. The lowest BCUT2D eigenvalue weighted by Gasteiger charge is -2.14. The molecule has 162 valence electrons. The van der Waals surface area contributed by atoms with Gasteiger partial charge in [0.15, 0.2) is 0 Å². The van der Waals surface area contributed by atoms with Crippen LogP contribution in [-0.2, 0) is 11.3 Å². The fourth-order valence-corrected chi connectivity index (χ4v) is 3.25. The molecule has 0 aliphatic rings. The predicted octanol–water partition coefficient (Wildman–Crippen LogP) is 3.60. The van der Waals surface area contributed by atoms with Gasteiger partial charge in [0.2, 0.25) is 11.3 Å². The molecule has 0 saturated carbocycles. The van der Waals surface area contributed by atoms with Gasteiger partial charge in [0.05, 0.1) is 5.52 Å². The third kappa shape index (κ3) is 5.52. The van der Waals surface area contributed by atoms with E-state index in [1.54, 1.807) is 10.0 Å². The average molecular weight is 429 g/mol. The summed E-state index contributed by atoms with van der Waals surface area (Å²) in [6.07, 6.45) is 3.45. The van der Waals surface area contributed by atoms with Crippen LogP contribution in [0.4, 0.5) is 14.5 Å². The van der Waals surface area contributed by atoms with Crippen molar-refractivity contribution in [3.63, 3.8) is 0 Å². The molecule has 1 heterocycles. The van der Waals surface area contributed by atoms with Gasteiger partial charge in [-0.1, -0.05) is 6.42 Å². The summed E-state index contributed by atoms with van der Waals surface area (Å²) >= 11 is 0. The number of anilines is 1. The van der Waals surface area contributed by atoms with Crippen LogP contribution in [0.5, 0.6) is 0 Å². The summed E-state index contributed by atoms with van der Waals surface area (Å²) < 4.78 is 28.6. The standard InChI is InChI=1S/C22H21F2N3O4/c23-14-5-8-16(9-6-14)25-22(30)18-13-27(11-3-1-2-4-20(28)26-31)19-10-7-15(24)12-17(19)21(18)29/h5-10,12-13,31H,1-4,11H2,(H,25,30)(H,26,28). The van der Waals surface area contributed by atoms with Crippen molar-refractivity contribution in [2.45, 2.75) is 32.2 Å². The van der Waals surface area contributed by atoms with Crippen LogP contribution in [0.15, 0.2) is 53.5 Å². The molecule has 0 unspecified atom stereocenters. The number of carbonyl (C=O) groups is 2. The Morgan fingerprint density at radius 3 is 2.39 bits per heavy atom. The van der Waals surface area contributed by atoms with Crippen molar-refractivity contribution in [3.05, 3.63) is 76.1 Å². The zero-order chi connectivity index (χ0) is 22.4. The lowest BCUT2D eigenvalue weighted by atomic mass is 10.1. The molecule has 0 bridgehead atoms. The van der Waals surface area contributed by atoms with Crippen LogP contribution in [-0.4, -0.2) is 21.6 Å². The van der Waals surface area contributed by atoms with Gasteiger partial charge in [-0.25, -0.2) is 14.3 Å². The van der Waals surface area contributed by atoms with Crippen molar-refractivity contribution in [1.82, 2.24) is 10.0 Å². The third-order valence-corrected chi connectivity index (χ3v) is 4.82. The Bertz CT molecular complexity index is 1160. The average Bonchev–Trinajstić information content (AvgIpc) is 2.76. The lowest BCUT2D eigenvalue weighted by Crippen LogP contribution is -2.24. The molecule has 3 aromatic rings. The number of aryl methyl sites for hydroxylation is 1. The van der Waals surface area contributed by atoms with Gasteiger partial charge in [0, 0.05) is 30.2 Å². The van der Waals surface area contributed by atoms with Crippen molar-refractivity contribution in [1.29, 1.82) is 0 Å². The van der Waals surface area contributed by atoms with E-state index in [4.69, 9.17) is 5.21 Å². The van der Waals surface area contributed by atoms with Crippen molar-refractivity contribution >= 4 is 28.4 Å². The number of carbonyl (C=O) groups excluding carboxylic acids is 2. The highest BCUT2D eigenvalue weighted by molar-refractivity contribution is 6.05. The molecule has 0 spiro atoms. The Kier molecular flexibility index (Phi) is 7.09. The minimum absolute atomic E-state index is 0.0754. The Balaban J connectivity index is 1.86. The van der Waals surface area contributed by atoms with E-state index in [9.17, 15) is 23.2 Å². The van der Waals surface area contributed by atoms with Crippen LogP contribution in [0.3, 0.4) is 0 Å². The van der Waals surface area contributed by atoms with Gasteiger partial charge in [-0.15, -0.1) is 0 Å². The molecule has 0 fully saturated rings. The maximum absolute atomic E-state index is 13.8. The number of halogens is 2. The number of pyridine rings is 1. The first-order chi connectivity index (χ1) is 14.9. The molecular formula is C22H21F2N3O4. The van der Waals surface area contributed by atoms with Gasteiger partial charge in [0.1, 0.15) is 17.2 Å². The molecule has 1 aromatic heterocycles. The molecule has 0 aliphatic heterocycles. The minimum atomic E-state index is -0.684. The maximum atomic E-state index is 13.8. The van der Waals surface area contributed by atoms with Gasteiger partial charge in [0.25, 0.3) is 5.91 Å². The number of amides is 2. The van der Waals surface area contributed by atoms with Gasteiger partial charge in [-0.3, -0.25) is 19.6 Å². The number of rotatable bonds is 8. The predicted molar refractivity (Wildman–Crippen MR) is 111 cm³/mol. The molecule has 0 aliphatic carbocycles. The highest BCUT2D eigenvalue weighted by atomic mass is 19.1. The molecule has 7 nitrogen and oxygen atoms in total. The number of hydrogen-bond acceptors (Lipinski definition) is 4. The fraction of sp³-hybridized carbons (Fsp3) is 0.227. The normalized spacial score (nSPS) is 10.8. The fourth-order valence-electron chi connectivity index (χ4n) is 3.25. The van der Waals surface area contributed by atoms with E-state index in [0.29, 0.717) is 37.0 Å². The molecular weight excluding hydrogens is 408 g/mol. The summed E-state index contributed by atoms with van der Waals surface area (Å²) in [6, 6.07) is 8.91. The number of aromatic nitrogens is 1. The van der Waals surface area contributed by atoms with E-state index in [0.717, 1.165) is 6.07 Å². The molecule has 0 radical (unpaired) electrons. The molecule has 3 N–H and O–H groups in total. The quantitative estimate of drug-likeness (QED) is 0.289. The molecule has 3 rings (SSSR count). The maximum Gasteiger partial charge on any atom is 0.261 e. The van der Waals surface area contributed by atoms with Crippen molar-refractivity contribution in [2.75, 3.05) is 5.32 Å². The van der Waals surface area contributed by atoms with Crippen LogP contribution in [0, 0.1) is 11.6 Å². The highest BCUT2D eigenvalue weighted by Gasteiger charge is 2.16. The number of nitrogens with one attached hydrogen (secondary N) is 2. The monoisotopic (exact) mass is 429 g/mol. The zero-order valence-electron chi connectivity index (χ0n) is 16.5. The third-order valence-electron chi connectivity index (χ3n) is 4.82. The van der Waals surface area contributed by atoms with Crippen LogP contribution < -0.4 is 16.2 Å². The number of hydroxylamine groups is 1. The first-order valence-electron chi connectivity index (χ1n) is 9.71. The van der Waals surface area contributed by atoms with Crippen molar-refractivity contribution in [3.8, 4) is 0 Å². The van der Waals surface area contributed by atoms with Gasteiger partial charge in [-0.2, -0.15) is 0 Å². The minimum Gasteiger partial charge on any atom is -0.346 e. The van der Waals surface area contributed by atoms with E-state index < -0.39 is 28.9 Å². The highest BCUT2D eigenvalue weighted by Crippen LogP contribution is 2.17. The number of benzene rings is 2. The molecule has 0 atom stereocenters. The van der Waals surface area contributed by atoms with Gasteiger partial charge in [-0.05, 0) is 55.3 Å². The van der Waals surface area contributed by atoms with Gasteiger partial charge >= 0.3 is 0 Å². The molecule has 31 heavy (non-hydrogen) atoms. The van der Waals surface area contributed by atoms with E-state index in [1.807, 2.05) is 0 Å². The van der Waals surface area contributed by atoms with E-state index in [2.05, 4.69) is 5.32 Å². The van der Waals surface area contributed by atoms with Crippen LogP contribution >= 0.6 is 0 Å². The Morgan fingerprint density at radius 2 is 1.68 bits per heavy atom.